The third-order valence-corrected chi connectivity index (χ3v) is 4.90. The van der Waals surface area contributed by atoms with Gasteiger partial charge in [0.25, 0.3) is 0 Å². The summed E-state index contributed by atoms with van der Waals surface area (Å²) >= 11 is 0. The van der Waals surface area contributed by atoms with Crippen LogP contribution in [0, 0.1) is 0 Å². The molecule has 0 saturated carbocycles. The van der Waals surface area contributed by atoms with E-state index in [1.807, 2.05) is 19.1 Å². The van der Waals surface area contributed by atoms with Gasteiger partial charge in [0, 0.05) is 39.8 Å². The molecule has 1 fully saturated rings. The molecule has 1 atom stereocenters. The average molecular weight is 380 g/mol. The normalized spacial score (nSPS) is 16.6. The molecule has 27 heavy (non-hydrogen) atoms. The van der Waals surface area contributed by atoms with Crippen LogP contribution in [0.4, 0.5) is 4.79 Å². The molecule has 2 rings (SSSR count). The third-order valence-electron chi connectivity index (χ3n) is 4.90. The molecule has 1 aromatic heterocycles. The Balaban J connectivity index is 1.93. The molecule has 152 valence electrons. The molecule has 1 aliphatic heterocycles. The number of furan rings is 1. The summed E-state index contributed by atoms with van der Waals surface area (Å²) in [5, 5.41) is 3.49. The Bertz CT molecular complexity index is 578. The van der Waals surface area contributed by atoms with Crippen LogP contribution in [0.1, 0.15) is 32.6 Å². The van der Waals surface area contributed by atoms with Gasteiger partial charge in [0.05, 0.1) is 18.9 Å². The van der Waals surface area contributed by atoms with Crippen LogP contribution in [0.2, 0.25) is 0 Å². The van der Waals surface area contributed by atoms with Crippen LogP contribution in [0.25, 0.3) is 0 Å². The lowest BCUT2D eigenvalue weighted by molar-refractivity contribution is 0.0913. The van der Waals surface area contributed by atoms with E-state index in [0.717, 1.165) is 37.9 Å². The fourth-order valence-corrected chi connectivity index (χ4v) is 3.39. The Labute approximate surface area is 162 Å². The summed E-state index contributed by atoms with van der Waals surface area (Å²) in [6, 6.07) is 4.09. The van der Waals surface area contributed by atoms with Gasteiger partial charge in [-0.15, -0.1) is 0 Å². The number of likely N-dealkylation sites (N-methyl/N-ethyl adjacent to an activating group) is 1. The number of hydrogen-bond acceptors (Lipinski definition) is 5. The molecule has 0 radical (unpaired) electrons. The summed E-state index contributed by atoms with van der Waals surface area (Å²) in [4.78, 5) is 22.6. The maximum absolute atomic E-state index is 11.9. The first kappa shape index (κ1) is 21.1. The summed E-state index contributed by atoms with van der Waals surface area (Å²) in [5.41, 5.74) is 0. The Morgan fingerprint density at radius 3 is 2.44 bits per heavy atom. The van der Waals surface area contributed by atoms with E-state index in [4.69, 9.17) is 9.15 Å². The fourth-order valence-electron chi connectivity index (χ4n) is 3.39. The summed E-state index contributed by atoms with van der Waals surface area (Å²) in [6.07, 6.45) is 1.48. The topological polar surface area (TPSA) is 73.5 Å². The van der Waals surface area contributed by atoms with E-state index in [0.29, 0.717) is 26.2 Å². The number of carbonyl (C=O) groups is 1. The predicted molar refractivity (Wildman–Crippen MR) is 106 cm³/mol. The molecule has 1 saturated heterocycles. The smallest absolute Gasteiger partial charge is 0.409 e. The predicted octanol–water partition coefficient (Wildman–Crippen LogP) is 2.01. The Morgan fingerprint density at radius 2 is 1.93 bits per heavy atom. The number of aliphatic imine (C=N–C) groups is 1. The quantitative estimate of drug-likeness (QED) is 0.577. The summed E-state index contributed by atoms with van der Waals surface area (Å²) in [7, 11) is 1.79. The number of piperazine rings is 1. The number of ether oxygens (including phenoxy) is 1. The first-order chi connectivity index (χ1) is 13.1. The van der Waals surface area contributed by atoms with Crippen molar-refractivity contribution in [3.8, 4) is 0 Å². The minimum Gasteiger partial charge on any atom is -0.468 e. The Kier molecular flexibility index (Phi) is 8.44. The molecule has 0 spiro atoms. The number of guanidine groups is 1. The van der Waals surface area contributed by atoms with Gasteiger partial charge in [0.2, 0.25) is 0 Å². The van der Waals surface area contributed by atoms with Crippen molar-refractivity contribution in [1.29, 1.82) is 0 Å². The lowest BCUT2D eigenvalue weighted by Gasteiger charge is -2.36. The zero-order valence-electron chi connectivity index (χ0n) is 17.0. The number of hydrogen-bond donors (Lipinski definition) is 1. The second-order valence-corrected chi connectivity index (χ2v) is 6.35. The van der Waals surface area contributed by atoms with E-state index in [-0.39, 0.29) is 12.1 Å². The third kappa shape index (κ3) is 5.63. The molecule has 1 aromatic rings. The standard InChI is InChI=1S/C19H33N5O3/c1-5-22(6-2)16(17-9-8-14-27-17)15-21-18(20-4)23-10-12-24(13-11-23)19(25)26-7-3/h8-9,14,16H,5-7,10-13,15H2,1-4H3,(H,20,21). The number of carbonyl (C=O) groups excluding carboxylic acids is 1. The fraction of sp³-hybridized carbons (Fsp3) is 0.684. The number of nitrogens with one attached hydrogen (secondary N) is 1. The molecule has 1 unspecified atom stereocenters. The molecular weight excluding hydrogens is 346 g/mol. The van der Waals surface area contributed by atoms with Crippen molar-refractivity contribution in [1.82, 2.24) is 20.0 Å². The van der Waals surface area contributed by atoms with Gasteiger partial charge in [0.1, 0.15) is 5.76 Å². The average Bonchev–Trinajstić information content (AvgIpc) is 3.23. The summed E-state index contributed by atoms with van der Waals surface area (Å²) in [6.45, 7) is 11.9. The lowest BCUT2D eigenvalue weighted by Crippen LogP contribution is -2.54. The van der Waals surface area contributed by atoms with Crippen molar-refractivity contribution in [2.24, 2.45) is 4.99 Å². The van der Waals surface area contributed by atoms with Crippen LogP contribution in [0.15, 0.2) is 27.8 Å². The highest BCUT2D eigenvalue weighted by Gasteiger charge is 2.25. The van der Waals surface area contributed by atoms with Crippen molar-refractivity contribution in [3.63, 3.8) is 0 Å². The van der Waals surface area contributed by atoms with Crippen molar-refractivity contribution in [2.75, 3.05) is 59.5 Å². The maximum Gasteiger partial charge on any atom is 0.409 e. The molecule has 1 N–H and O–H groups in total. The molecule has 1 amide bonds. The number of rotatable bonds is 7. The highest BCUT2D eigenvalue weighted by Crippen LogP contribution is 2.20. The molecule has 8 heteroatoms. The maximum atomic E-state index is 11.9. The monoisotopic (exact) mass is 379 g/mol. The van der Waals surface area contributed by atoms with Gasteiger partial charge in [-0.3, -0.25) is 9.89 Å². The van der Waals surface area contributed by atoms with Crippen molar-refractivity contribution in [3.05, 3.63) is 24.2 Å². The van der Waals surface area contributed by atoms with E-state index < -0.39 is 0 Å². The van der Waals surface area contributed by atoms with E-state index in [1.165, 1.54) is 0 Å². The second-order valence-electron chi connectivity index (χ2n) is 6.35. The molecule has 0 aromatic carbocycles. The van der Waals surface area contributed by atoms with Crippen LogP contribution in [0.5, 0.6) is 0 Å². The van der Waals surface area contributed by atoms with Gasteiger partial charge in [-0.1, -0.05) is 13.8 Å². The van der Waals surface area contributed by atoms with Crippen LogP contribution >= 0.6 is 0 Å². The zero-order valence-corrected chi connectivity index (χ0v) is 17.0. The largest absolute Gasteiger partial charge is 0.468 e. The van der Waals surface area contributed by atoms with Gasteiger partial charge in [0.15, 0.2) is 5.96 Å². The van der Waals surface area contributed by atoms with Gasteiger partial charge in [-0.25, -0.2) is 4.79 Å². The summed E-state index contributed by atoms with van der Waals surface area (Å²) < 4.78 is 10.7. The van der Waals surface area contributed by atoms with Gasteiger partial charge in [-0.2, -0.15) is 0 Å². The minimum absolute atomic E-state index is 0.146. The highest BCUT2D eigenvalue weighted by molar-refractivity contribution is 5.80. The Hall–Kier alpha value is -2.22. The van der Waals surface area contributed by atoms with Gasteiger partial charge >= 0.3 is 6.09 Å². The minimum atomic E-state index is -0.237. The van der Waals surface area contributed by atoms with Crippen LogP contribution in [-0.2, 0) is 4.74 Å². The van der Waals surface area contributed by atoms with E-state index in [9.17, 15) is 4.79 Å². The number of nitrogens with zero attached hydrogens (tertiary/aromatic N) is 4. The first-order valence-corrected chi connectivity index (χ1v) is 9.79. The van der Waals surface area contributed by atoms with Crippen LogP contribution in [-0.4, -0.2) is 86.2 Å². The van der Waals surface area contributed by atoms with Gasteiger partial charge in [-0.05, 0) is 32.1 Å². The lowest BCUT2D eigenvalue weighted by atomic mass is 10.2. The van der Waals surface area contributed by atoms with Crippen molar-refractivity contribution in [2.45, 2.75) is 26.8 Å². The highest BCUT2D eigenvalue weighted by atomic mass is 16.6. The summed E-state index contributed by atoms with van der Waals surface area (Å²) in [5.74, 6) is 1.80. The van der Waals surface area contributed by atoms with Crippen molar-refractivity contribution >= 4 is 12.1 Å². The van der Waals surface area contributed by atoms with E-state index in [2.05, 4.69) is 34.0 Å². The molecular formula is C19H33N5O3. The molecule has 0 aliphatic carbocycles. The first-order valence-electron chi connectivity index (χ1n) is 9.79. The molecule has 8 nitrogen and oxygen atoms in total. The van der Waals surface area contributed by atoms with Crippen LogP contribution < -0.4 is 5.32 Å². The SMILES string of the molecule is CCOC(=O)N1CCN(C(=NC)NCC(c2ccco2)N(CC)CC)CC1. The molecule has 0 bridgehead atoms. The zero-order chi connectivity index (χ0) is 19.6. The second kappa shape index (κ2) is 10.8. The van der Waals surface area contributed by atoms with Gasteiger partial charge < -0.3 is 24.3 Å². The molecule has 2 heterocycles. The van der Waals surface area contributed by atoms with Crippen LogP contribution in [0.3, 0.4) is 0 Å². The molecule has 1 aliphatic rings. The number of amides is 1. The van der Waals surface area contributed by atoms with E-state index in [1.54, 1.807) is 18.2 Å². The Morgan fingerprint density at radius 1 is 1.26 bits per heavy atom. The van der Waals surface area contributed by atoms with Crippen molar-refractivity contribution < 1.29 is 13.9 Å². The van der Waals surface area contributed by atoms with E-state index >= 15 is 0 Å².